The molecule has 0 saturated heterocycles. The summed E-state index contributed by atoms with van der Waals surface area (Å²) in [7, 11) is 0. The van der Waals surface area contributed by atoms with Gasteiger partial charge in [0.25, 0.3) is 0 Å². The lowest BCUT2D eigenvalue weighted by Crippen LogP contribution is -2.49. The van der Waals surface area contributed by atoms with Gasteiger partial charge >= 0.3 is 0 Å². The van der Waals surface area contributed by atoms with Gasteiger partial charge in [-0.15, -0.1) is 0 Å². The Kier molecular flexibility index (Phi) is 5.78. The van der Waals surface area contributed by atoms with Gasteiger partial charge in [-0.05, 0) is 30.5 Å². The molecule has 3 atom stereocenters. The Balaban J connectivity index is 1.47. The molecule has 1 aliphatic carbocycles. The van der Waals surface area contributed by atoms with Crippen LogP contribution in [0.1, 0.15) is 24.8 Å². The Morgan fingerprint density at radius 1 is 1.24 bits per heavy atom. The average molecular weight is 345 g/mol. The van der Waals surface area contributed by atoms with Crippen molar-refractivity contribution in [3.05, 3.63) is 42.2 Å². The predicted molar refractivity (Wildman–Crippen MR) is 90.2 cm³/mol. The quantitative estimate of drug-likeness (QED) is 0.617. The lowest BCUT2D eigenvalue weighted by atomic mass is 10.0. The van der Waals surface area contributed by atoms with Gasteiger partial charge in [-0.25, -0.2) is 0 Å². The van der Waals surface area contributed by atoms with Crippen molar-refractivity contribution in [3.8, 4) is 0 Å². The topological polar surface area (TPSA) is 101 Å². The Hall–Kier alpha value is -2.25. The Morgan fingerprint density at radius 2 is 2.00 bits per heavy atom. The minimum Gasteiger partial charge on any atom is -0.394 e. The minimum atomic E-state index is -0.536. The molecule has 1 aromatic heterocycles. The third-order valence-corrected chi connectivity index (χ3v) is 4.35. The standard InChI is InChI=1S/C18H23N3O4/c22-11-16-15(21-18(24)13-1-2-13)4-3-14(25-16)9-17(23)20-10-12-5-7-19-8-6-12/h3-8,13-16,22H,1-2,9-11H2,(H,20,23)(H,21,24)/t14-,15-,16+/m0/s1. The van der Waals surface area contributed by atoms with Gasteiger partial charge in [0.1, 0.15) is 6.10 Å². The molecule has 0 aromatic carbocycles. The molecule has 2 aliphatic rings. The maximum Gasteiger partial charge on any atom is 0.223 e. The smallest absolute Gasteiger partial charge is 0.223 e. The largest absolute Gasteiger partial charge is 0.394 e. The minimum absolute atomic E-state index is 0.00486. The van der Waals surface area contributed by atoms with Crippen molar-refractivity contribution in [3.63, 3.8) is 0 Å². The van der Waals surface area contributed by atoms with Gasteiger partial charge in [-0.2, -0.15) is 0 Å². The molecule has 1 aromatic rings. The molecule has 2 heterocycles. The third kappa shape index (κ3) is 5.11. The molecular weight excluding hydrogens is 322 g/mol. The van der Waals surface area contributed by atoms with E-state index >= 15 is 0 Å². The van der Waals surface area contributed by atoms with E-state index in [-0.39, 0.29) is 36.8 Å². The number of hydrogen-bond donors (Lipinski definition) is 3. The summed E-state index contributed by atoms with van der Waals surface area (Å²) in [4.78, 5) is 27.9. The molecule has 3 rings (SSSR count). The van der Waals surface area contributed by atoms with E-state index in [9.17, 15) is 14.7 Å². The molecular formula is C18H23N3O4. The fraction of sp³-hybridized carbons (Fsp3) is 0.500. The molecule has 0 unspecified atom stereocenters. The first-order valence-corrected chi connectivity index (χ1v) is 8.56. The number of ether oxygens (including phenoxy) is 1. The second-order valence-corrected chi connectivity index (χ2v) is 6.43. The second-order valence-electron chi connectivity index (χ2n) is 6.43. The van der Waals surface area contributed by atoms with E-state index in [4.69, 9.17) is 4.74 Å². The van der Waals surface area contributed by atoms with Gasteiger partial charge in [0.05, 0.1) is 25.2 Å². The number of aliphatic hydroxyl groups is 1. The third-order valence-electron chi connectivity index (χ3n) is 4.35. The summed E-state index contributed by atoms with van der Waals surface area (Å²) < 4.78 is 5.75. The molecule has 134 valence electrons. The summed E-state index contributed by atoms with van der Waals surface area (Å²) in [6, 6.07) is 3.33. The summed E-state index contributed by atoms with van der Waals surface area (Å²) in [6.07, 6.45) is 8.00. The number of amides is 2. The zero-order chi connectivity index (χ0) is 17.6. The summed E-state index contributed by atoms with van der Waals surface area (Å²) in [6.45, 7) is 0.219. The van der Waals surface area contributed by atoms with Gasteiger partial charge in [0.15, 0.2) is 0 Å². The van der Waals surface area contributed by atoms with E-state index in [1.54, 1.807) is 18.5 Å². The number of nitrogens with one attached hydrogen (secondary N) is 2. The van der Waals surface area contributed by atoms with Gasteiger partial charge in [-0.1, -0.05) is 12.2 Å². The van der Waals surface area contributed by atoms with Crippen LogP contribution in [0.2, 0.25) is 0 Å². The lowest BCUT2D eigenvalue weighted by Gasteiger charge is -2.31. The van der Waals surface area contributed by atoms with Crippen LogP contribution in [0.15, 0.2) is 36.7 Å². The molecule has 0 spiro atoms. The number of carbonyl (C=O) groups is 2. The van der Waals surface area contributed by atoms with E-state index in [0.717, 1.165) is 18.4 Å². The Morgan fingerprint density at radius 3 is 2.68 bits per heavy atom. The van der Waals surface area contributed by atoms with E-state index in [2.05, 4.69) is 15.6 Å². The predicted octanol–water partition coefficient (Wildman–Crippen LogP) is 0.299. The number of aliphatic hydroxyl groups excluding tert-OH is 1. The monoisotopic (exact) mass is 345 g/mol. The lowest BCUT2D eigenvalue weighted by molar-refractivity contribution is -0.128. The van der Waals surface area contributed by atoms with Crippen LogP contribution in [-0.4, -0.2) is 46.8 Å². The number of pyridine rings is 1. The van der Waals surface area contributed by atoms with E-state index in [1.165, 1.54) is 0 Å². The van der Waals surface area contributed by atoms with Crippen LogP contribution in [0, 0.1) is 5.92 Å². The fourth-order valence-corrected chi connectivity index (χ4v) is 2.72. The maximum absolute atomic E-state index is 12.1. The van der Waals surface area contributed by atoms with Crippen LogP contribution in [0.4, 0.5) is 0 Å². The highest BCUT2D eigenvalue weighted by Crippen LogP contribution is 2.29. The van der Waals surface area contributed by atoms with Crippen LogP contribution in [0.5, 0.6) is 0 Å². The van der Waals surface area contributed by atoms with E-state index < -0.39 is 12.2 Å². The molecule has 0 radical (unpaired) electrons. The molecule has 0 bridgehead atoms. The maximum atomic E-state index is 12.1. The first kappa shape index (κ1) is 17.6. The van der Waals surface area contributed by atoms with E-state index in [0.29, 0.717) is 6.54 Å². The number of hydrogen-bond acceptors (Lipinski definition) is 5. The van der Waals surface area contributed by atoms with Gasteiger partial charge < -0.3 is 20.5 Å². The molecule has 1 saturated carbocycles. The van der Waals surface area contributed by atoms with Crippen LogP contribution in [-0.2, 0) is 20.9 Å². The Labute approximate surface area is 146 Å². The molecule has 25 heavy (non-hydrogen) atoms. The fourth-order valence-electron chi connectivity index (χ4n) is 2.72. The molecule has 1 aliphatic heterocycles. The average Bonchev–Trinajstić information content (AvgIpc) is 3.47. The van der Waals surface area contributed by atoms with Gasteiger partial charge in [0.2, 0.25) is 11.8 Å². The zero-order valence-electron chi connectivity index (χ0n) is 13.9. The summed E-state index contributed by atoms with van der Waals surface area (Å²) in [5.74, 6) is -0.0294. The SMILES string of the molecule is O=C(C[C@@H]1C=C[C@H](NC(=O)C2CC2)[C@@H](CO)O1)NCc1ccncc1. The molecule has 7 nitrogen and oxygen atoms in total. The number of nitrogens with zero attached hydrogens (tertiary/aromatic N) is 1. The molecule has 1 fully saturated rings. The van der Waals surface area contributed by atoms with Crippen molar-refractivity contribution >= 4 is 11.8 Å². The van der Waals surface area contributed by atoms with Crippen LogP contribution >= 0.6 is 0 Å². The van der Waals surface area contributed by atoms with Gasteiger partial charge in [-0.3, -0.25) is 14.6 Å². The van der Waals surface area contributed by atoms with E-state index in [1.807, 2.05) is 18.2 Å². The van der Waals surface area contributed by atoms with Crippen molar-refractivity contribution in [2.75, 3.05) is 6.61 Å². The van der Waals surface area contributed by atoms with Crippen molar-refractivity contribution in [1.82, 2.24) is 15.6 Å². The van der Waals surface area contributed by atoms with Crippen LogP contribution in [0.25, 0.3) is 0 Å². The first-order valence-electron chi connectivity index (χ1n) is 8.56. The highest BCUT2D eigenvalue weighted by molar-refractivity contribution is 5.81. The molecule has 2 amide bonds. The summed E-state index contributed by atoms with van der Waals surface area (Å²) in [5.41, 5.74) is 0.972. The van der Waals surface area contributed by atoms with Crippen LogP contribution in [0.3, 0.4) is 0 Å². The van der Waals surface area contributed by atoms with Gasteiger partial charge in [0, 0.05) is 24.9 Å². The van der Waals surface area contributed by atoms with Crippen molar-refractivity contribution < 1.29 is 19.4 Å². The zero-order valence-corrected chi connectivity index (χ0v) is 13.9. The number of aromatic nitrogens is 1. The normalized spacial score (nSPS) is 25.4. The molecule has 7 heteroatoms. The highest BCUT2D eigenvalue weighted by Gasteiger charge is 2.34. The highest BCUT2D eigenvalue weighted by atomic mass is 16.5. The second kappa shape index (κ2) is 8.22. The Bertz CT molecular complexity index is 630. The van der Waals surface area contributed by atoms with Crippen molar-refractivity contribution in [2.24, 2.45) is 5.92 Å². The summed E-state index contributed by atoms with van der Waals surface area (Å²) in [5, 5.41) is 15.2. The number of rotatable bonds is 7. The van der Waals surface area contributed by atoms with Crippen molar-refractivity contribution in [1.29, 1.82) is 0 Å². The van der Waals surface area contributed by atoms with Crippen molar-refractivity contribution in [2.45, 2.75) is 44.1 Å². The van der Waals surface area contributed by atoms with Crippen LogP contribution < -0.4 is 10.6 Å². The first-order chi connectivity index (χ1) is 12.2. The molecule has 3 N–H and O–H groups in total. The number of carbonyl (C=O) groups excluding carboxylic acids is 2. The summed E-state index contributed by atoms with van der Waals surface area (Å²) >= 11 is 0.